The van der Waals surface area contributed by atoms with Crippen LogP contribution in [0.4, 0.5) is 0 Å². The molecule has 1 aromatic carbocycles. The van der Waals surface area contributed by atoms with Crippen molar-refractivity contribution in [2.75, 3.05) is 6.54 Å². The predicted molar refractivity (Wildman–Crippen MR) is 83.8 cm³/mol. The van der Waals surface area contributed by atoms with Crippen LogP contribution in [0.1, 0.15) is 37.1 Å². The van der Waals surface area contributed by atoms with Crippen LogP contribution >= 0.6 is 0 Å². The number of carbonyl (C=O) groups is 1. The van der Waals surface area contributed by atoms with Crippen LogP contribution in [0.3, 0.4) is 0 Å². The lowest BCUT2D eigenvalue weighted by Crippen LogP contribution is -2.22. The summed E-state index contributed by atoms with van der Waals surface area (Å²) >= 11 is 0. The minimum atomic E-state index is -0.00710. The molecule has 6 heteroatoms. The van der Waals surface area contributed by atoms with Crippen molar-refractivity contribution >= 4 is 5.91 Å². The topological polar surface area (TPSA) is 94.0 Å². The standard InChI is InChI=1S/C16H22N4O2/c1-12-6-5-7-13(10-12)16-19-15(22-20-16)11-18-14(21)8-3-2-4-9-17/h5-7,10H,2-4,8-9,11,17H2,1H3,(H,18,21). The fourth-order valence-corrected chi connectivity index (χ4v) is 2.10. The van der Waals surface area contributed by atoms with Gasteiger partial charge < -0.3 is 15.6 Å². The first-order valence-electron chi connectivity index (χ1n) is 7.55. The molecular formula is C16H22N4O2. The lowest BCUT2D eigenvalue weighted by atomic mass is 10.1. The van der Waals surface area contributed by atoms with E-state index in [-0.39, 0.29) is 12.5 Å². The zero-order valence-corrected chi connectivity index (χ0v) is 12.8. The smallest absolute Gasteiger partial charge is 0.246 e. The SMILES string of the molecule is Cc1cccc(-c2noc(CNC(=O)CCCCCN)n2)c1. The molecule has 0 aliphatic carbocycles. The van der Waals surface area contributed by atoms with Gasteiger partial charge in [0.1, 0.15) is 0 Å². The average molecular weight is 302 g/mol. The molecule has 0 unspecified atom stereocenters. The number of hydrogen-bond acceptors (Lipinski definition) is 5. The number of benzene rings is 1. The van der Waals surface area contributed by atoms with E-state index < -0.39 is 0 Å². The normalized spacial score (nSPS) is 10.6. The zero-order valence-electron chi connectivity index (χ0n) is 12.8. The number of nitrogens with zero attached hydrogens (tertiary/aromatic N) is 2. The molecular weight excluding hydrogens is 280 g/mol. The van der Waals surface area contributed by atoms with Crippen molar-refractivity contribution in [2.24, 2.45) is 5.73 Å². The summed E-state index contributed by atoms with van der Waals surface area (Å²) in [6.07, 6.45) is 3.28. The summed E-state index contributed by atoms with van der Waals surface area (Å²) in [6, 6.07) is 7.88. The monoisotopic (exact) mass is 302 g/mol. The summed E-state index contributed by atoms with van der Waals surface area (Å²) in [4.78, 5) is 16.0. The summed E-state index contributed by atoms with van der Waals surface area (Å²) in [7, 11) is 0. The maximum Gasteiger partial charge on any atom is 0.246 e. The third kappa shape index (κ3) is 4.96. The van der Waals surface area contributed by atoms with Crippen molar-refractivity contribution in [2.45, 2.75) is 39.2 Å². The van der Waals surface area contributed by atoms with Crippen molar-refractivity contribution in [3.63, 3.8) is 0 Å². The minimum absolute atomic E-state index is 0.00710. The Bertz CT molecular complexity index is 610. The highest BCUT2D eigenvalue weighted by Crippen LogP contribution is 2.16. The average Bonchev–Trinajstić information content (AvgIpc) is 2.98. The maximum absolute atomic E-state index is 11.7. The highest BCUT2D eigenvalue weighted by Gasteiger charge is 2.09. The van der Waals surface area contributed by atoms with E-state index in [1.54, 1.807) is 0 Å². The Kier molecular flexibility index (Phi) is 6.09. The van der Waals surface area contributed by atoms with Crippen LogP contribution in [0.15, 0.2) is 28.8 Å². The number of hydrogen-bond donors (Lipinski definition) is 2. The minimum Gasteiger partial charge on any atom is -0.347 e. The third-order valence-corrected chi connectivity index (χ3v) is 3.29. The third-order valence-electron chi connectivity index (χ3n) is 3.29. The molecule has 1 amide bonds. The van der Waals surface area contributed by atoms with Gasteiger partial charge in [-0.1, -0.05) is 35.3 Å². The lowest BCUT2D eigenvalue weighted by molar-refractivity contribution is -0.121. The molecule has 0 atom stereocenters. The predicted octanol–water partition coefficient (Wildman–Crippen LogP) is 2.18. The molecule has 118 valence electrons. The highest BCUT2D eigenvalue weighted by molar-refractivity contribution is 5.75. The van der Waals surface area contributed by atoms with E-state index in [4.69, 9.17) is 10.3 Å². The maximum atomic E-state index is 11.7. The first kappa shape index (κ1) is 16.2. The first-order valence-corrected chi connectivity index (χ1v) is 7.55. The van der Waals surface area contributed by atoms with E-state index in [9.17, 15) is 4.79 Å². The summed E-state index contributed by atoms with van der Waals surface area (Å²) in [5.74, 6) is 0.940. The lowest BCUT2D eigenvalue weighted by Gasteiger charge is -2.01. The Morgan fingerprint density at radius 1 is 1.32 bits per heavy atom. The van der Waals surface area contributed by atoms with E-state index in [1.165, 1.54) is 0 Å². The van der Waals surface area contributed by atoms with Crippen LogP contribution in [0.5, 0.6) is 0 Å². The molecule has 1 heterocycles. The molecule has 0 fully saturated rings. The number of aromatic nitrogens is 2. The summed E-state index contributed by atoms with van der Waals surface area (Å²) in [5.41, 5.74) is 7.45. The van der Waals surface area contributed by atoms with Crippen LogP contribution < -0.4 is 11.1 Å². The molecule has 22 heavy (non-hydrogen) atoms. The summed E-state index contributed by atoms with van der Waals surface area (Å²) in [5, 5.41) is 6.73. The molecule has 0 aliphatic heterocycles. The quantitative estimate of drug-likeness (QED) is 0.729. The van der Waals surface area contributed by atoms with Gasteiger partial charge in [-0.05, 0) is 32.4 Å². The second kappa shape index (κ2) is 8.29. The molecule has 6 nitrogen and oxygen atoms in total. The Balaban J connectivity index is 1.81. The van der Waals surface area contributed by atoms with Gasteiger partial charge in [-0.2, -0.15) is 4.98 Å². The fourth-order valence-electron chi connectivity index (χ4n) is 2.10. The van der Waals surface area contributed by atoms with E-state index >= 15 is 0 Å². The van der Waals surface area contributed by atoms with Gasteiger partial charge in [-0.25, -0.2) is 0 Å². The summed E-state index contributed by atoms with van der Waals surface area (Å²) < 4.78 is 5.16. The second-order valence-electron chi connectivity index (χ2n) is 5.26. The van der Waals surface area contributed by atoms with Gasteiger partial charge >= 0.3 is 0 Å². The molecule has 0 radical (unpaired) electrons. The molecule has 0 saturated heterocycles. The number of amides is 1. The van der Waals surface area contributed by atoms with Crippen molar-refractivity contribution in [3.8, 4) is 11.4 Å². The van der Waals surface area contributed by atoms with Crippen LogP contribution in [-0.4, -0.2) is 22.6 Å². The van der Waals surface area contributed by atoms with Gasteiger partial charge in [-0.15, -0.1) is 0 Å². The largest absolute Gasteiger partial charge is 0.347 e. The zero-order chi connectivity index (χ0) is 15.8. The van der Waals surface area contributed by atoms with Gasteiger partial charge in [0.25, 0.3) is 0 Å². The number of unbranched alkanes of at least 4 members (excludes halogenated alkanes) is 2. The number of nitrogens with two attached hydrogens (primary N) is 1. The van der Waals surface area contributed by atoms with Crippen LogP contribution in [0.2, 0.25) is 0 Å². The van der Waals surface area contributed by atoms with Crippen LogP contribution in [0.25, 0.3) is 11.4 Å². The van der Waals surface area contributed by atoms with Gasteiger partial charge in [0.2, 0.25) is 17.6 Å². The number of carbonyl (C=O) groups excluding carboxylic acids is 1. The van der Waals surface area contributed by atoms with Gasteiger partial charge in [0.15, 0.2) is 0 Å². The first-order chi connectivity index (χ1) is 10.7. The molecule has 2 aromatic rings. The van der Waals surface area contributed by atoms with E-state index in [2.05, 4.69) is 15.5 Å². The molecule has 0 spiro atoms. The van der Waals surface area contributed by atoms with Crippen molar-refractivity contribution in [1.82, 2.24) is 15.5 Å². The van der Waals surface area contributed by atoms with Crippen LogP contribution in [-0.2, 0) is 11.3 Å². The van der Waals surface area contributed by atoms with Crippen molar-refractivity contribution in [1.29, 1.82) is 0 Å². The molecule has 0 aliphatic rings. The molecule has 2 rings (SSSR count). The summed E-state index contributed by atoms with van der Waals surface area (Å²) in [6.45, 7) is 2.94. The van der Waals surface area contributed by atoms with Crippen molar-refractivity contribution < 1.29 is 9.32 Å². The molecule has 0 bridgehead atoms. The number of aryl methyl sites for hydroxylation is 1. The van der Waals surface area contributed by atoms with E-state index in [0.717, 1.165) is 30.4 Å². The number of nitrogens with one attached hydrogen (secondary N) is 1. The molecule has 1 aromatic heterocycles. The van der Waals surface area contributed by atoms with Crippen molar-refractivity contribution in [3.05, 3.63) is 35.7 Å². The molecule has 3 N–H and O–H groups in total. The second-order valence-corrected chi connectivity index (χ2v) is 5.26. The Morgan fingerprint density at radius 2 is 2.18 bits per heavy atom. The highest BCUT2D eigenvalue weighted by atomic mass is 16.5. The Labute approximate surface area is 130 Å². The van der Waals surface area contributed by atoms with E-state index in [0.29, 0.717) is 24.7 Å². The fraction of sp³-hybridized carbons (Fsp3) is 0.438. The Morgan fingerprint density at radius 3 is 2.95 bits per heavy atom. The van der Waals surface area contributed by atoms with Gasteiger partial charge in [0.05, 0.1) is 6.54 Å². The van der Waals surface area contributed by atoms with Crippen LogP contribution in [0, 0.1) is 6.92 Å². The van der Waals surface area contributed by atoms with Gasteiger partial charge in [-0.3, -0.25) is 4.79 Å². The molecule has 0 saturated carbocycles. The van der Waals surface area contributed by atoms with Gasteiger partial charge in [0, 0.05) is 12.0 Å². The Hall–Kier alpha value is -2.21. The van der Waals surface area contributed by atoms with E-state index in [1.807, 2.05) is 31.2 Å². The number of rotatable bonds is 8.